The normalized spacial score (nSPS) is 21.4. The molecule has 0 bridgehead atoms. The van der Waals surface area contributed by atoms with Gasteiger partial charge in [0.25, 0.3) is 0 Å². The molecule has 2 aromatic rings. The molecule has 1 saturated heterocycles. The predicted octanol–water partition coefficient (Wildman–Crippen LogP) is 2.40. The topological polar surface area (TPSA) is 80.9 Å². The quantitative estimate of drug-likeness (QED) is 0.768. The van der Waals surface area contributed by atoms with Gasteiger partial charge in [0.1, 0.15) is 11.8 Å². The van der Waals surface area contributed by atoms with Crippen LogP contribution in [0.15, 0.2) is 42.5 Å². The number of hydrogen-bond donors (Lipinski definition) is 3. The minimum absolute atomic E-state index is 0.000628. The highest BCUT2D eigenvalue weighted by atomic mass is 16.5. The molecule has 2 aliphatic rings. The number of ether oxygens (including phenoxy) is 3. The summed E-state index contributed by atoms with van der Waals surface area (Å²) in [4.78, 5) is 12.7. The fourth-order valence-corrected chi connectivity index (χ4v) is 3.36. The molecular weight excluding hydrogens is 346 g/mol. The predicted molar refractivity (Wildman–Crippen MR) is 101 cm³/mol. The molecule has 2 heterocycles. The molecule has 0 aromatic heterocycles. The van der Waals surface area contributed by atoms with Gasteiger partial charge < -0.3 is 19.5 Å². The van der Waals surface area contributed by atoms with Crippen LogP contribution in [-0.2, 0) is 4.79 Å². The fourth-order valence-electron chi connectivity index (χ4n) is 3.36. The van der Waals surface area contributed by atoms with E-state index in [2.05, 4.69) is 16.2 Å². The minimum Gasteiger partial charge on any atom is -0.496 e. The lowest BCUT2D eigenvalue weighted by atomic mass is 10.0. The van der Waals surface area contributed by atoms with Crippen molar-refractivity contribution in [3.8, 4) is 17.2 Å². The maximum atomic E-state index is 12.7. The standard InChI is InChI=1S/C20H23N3O4/c1-25-17-6-3-2-5-14(17)15-12-16(23-22-15)20(24)21-13-7-8-18-19(11-13)27-10-4-9-26-18/h2-3,5-8,11,15-16,22-23H,4,9-10,12H2,1H3,(H,21,24). The first-order chi connectivity index (χ1) is 13.2. The van der Waals surface area contributed by atoms with Gasteiger partial charge in [-0.2, -0.15) is 0 Å². The van der Waals surface area contributed by atoms with Crippen LogP contribution in [0.4, 0.5) is 5.69 Å². The highest BCUT2D eigenvalue weighted by Crippen LogP contribution is 2.33. The Labute approximate surface area is 158 Å². The van der Waals surface area contributed by atoms with Crippen molar-refractivity contribution >= 4 is 11.6 Å². The maximum Gasteiger partial charge on any atom is 0.242 e. The second-order valence-electron chi connectivity index (χ2n) is 6.57. The number of carbonyl (C=O) groups is 1. The Morgan fingerprint density at radius 3 is 2.78 bits per heavy atom. The first-order valence-electron chi connectivity index (χ1n) is 9.09. The molecule has 4 rings (SSSR count). The van der Waals surface area contributed by atoms with Gasteiger partial charge in [-0.3, -0.25) is 4.79 Å². The van der Waals surface area contributed by atoms with E-state index in [1.165, 1.54) is 0 Å². The van der Waals surface area contributed by atoms with Crippen LogP contribution in [0.2, 0.25) is 0 Å². The van der Waals surface area contributed by atoms with Gasteiger partial charge in [0.05, 0.1) is 26.4 Å². The van der Waals surface area contributed by atoms with E-state index < -0.39 is 0 Å². The van der Waals surface area contributed by atoms with E-state index in [1.807, 2.05) is 36.4 Å². The van der Waals surface area contributed by atoms with Gasteiger partial charge in [0.15, 0.2) is 11.5 Å². The number of benzene rings is 2. The van der Waals surface area contributed by atoms with Crippen LogP contribution in [0.25, 0.3) is 0 Å². The number of rotatable bonds is 4. The Bertz CT molecular complexity index is 827. The van der Waals surface area contributed by atoms with Crippen molar-refractivity contribution in [2.75, 3.05) is 25.6 Å². The molecule has 2 aromatic carbocycles. The van der Waals surface area contributed by atoms with Crippen LogP contribution in [0.5, 0.6) is 17.2 Å². The number of carbonyl (C=O) groups excluding carboxylic acids is 1. The van der Waals surface area contributed by atoms with Gasteiger partial charge in [-0.25, -0.2) is 10.9 Å². The summed E-state index contributed by atoms with van der Waals surface area (Å²) < 4.78 is 16.7. The third-order valence-electron chi connectivity index (χ3n) is 4.75. The van der Waals surface area contributed by atoms with Crippen molar-refractivity contribution in [2.24, 2.45) is 0 Å². The van der Waals surface area contributed by atoms with E-state index in [9.17, 15) is 4.79 Å². The van der Waals surface area contributed by atoms with Gasteiger partial charge >= 0.3 is 0 Å². The van der Waals surface area contributed by atoms with Gasteiger partial charge in [0, 0.05) is 23.7 Å². The molecule has 142 valence electrons. The van der Waals surface area contributed by atoms with E-state index >= 15 is 0 Å². The summed E-state index contributed by atoms with van der Waals surface area (Å²) in [6.07, 6.45) is 1.47. The van der Waals surface area contributed by atoms with Gasteiger partial charge in [-0.15, -0.1) is 0 Å². The molecule has 0 radical (unpaired) electrons. The number of fused-ring (bicyclic) bond motifs is 1. The van der Waals surface area contributed by atoms with Crippen molar-refractivity contribution in [3.05, 3.63) is 48.0 Å². The van der Waals surface area contributed by atoms with Crippen LogP contribution in [-0.4, -0.2) is 32.3 Å². The van der Waals surface area contributed by atoms with Crippen LogP contribution in [0, 0.1) is 0 Å². The number of hydrazine groups is 1. The largest absolute Gasteiger partial charge is 0.496 e. The Kier molecular flexibility index (Phi) is 5.13. The van der Waals surface area contributed by atoms with Crippen molar-refractivity contribution in [1.29, 1.82) is 0 Å². The molecule has 0 spiro atoms. The van der Waals surface area contributed by atoms with E-state index in [-0.39, 0.29) is 18.0 Å². The van der Waals surface area contributed by atoms with Gasteiger partial charge in [0.2, 0.25) is 5.91 Å². The van der Waals surface area contributed by atoms with E-state index in [0.717, 1.165) is 17.7 Å². The van der Waals surface area contributed by atoms with Crippen LogP contribution in [0.3, 0.4) is 0 Å². The maximum absolute atomic E-state index is 12.7. The molecule has 2 unspecified atom stereocenters. The Morgan fingerprint density at radius 1 is 1.11 bits per heavy atom. The average Bonchev–Trinajstić information content (AvgIpc) is 3.08. The molecule has 2 aliphatic heterocycles. The lowest BCUT2D eigenvalue weighted by Gasteiger charge is -2.14. The van der Waals surface area contributed by atoms with Gasteiger partial charge in [-0.1, -0.05) is 18.2 Å². The molecule has 0 saturated carbocycles. The van der Waals surface area contributed by atoms with Crippen LogP contribution in [0.1, 0.15) is 24.4 Å². The Hall–Kier alpha value is -2.77. The summed E-state index contributed by atoms with van der Waals surface area (Å²) in [5.41, 5.74) is 7.98. The summed E-state index contributed by atoms with van der Waals surface area (Å²) in [6.45, 7) is 1.25. The summed E-state index contributed by atoms with van der Waals surface area (Å²) in [5.74, 6) is 2.08. The van der Waals surface area contributed by atoms with E-state index in [4.69, 9.17) is 14.2 Å². The first-order valence-corrected chi connectivity index (χ1v) is 9.09. The third kappa shape index (κ3) is 3.84. The Balaban J connectivity index is 1.41. The molecule has 27 heavy (non-hydrogen) atoms. The first kappa shape index (κ1) is 17.6. The zero-order valence-corrected chi connectivity index (χ0v) is 15.2. The van der Waals surface area contributed by atoms with Crippen molar-refractivity contribution in [1.82, 2.24) is 10.9 Å². The molecule has 1 fully saturated rings. The molecule has 2 atom stereocenters. The summed E-state index contributed by atoms with van der Waals surface area (Å²) >= 11 is 0. The molecule has 7 nitrogen and oxygen atoms in total. The van der Waals surface area contributed by atoms with Gasteiger partial charge in [-0.05, 0) is 24.6 Å². The van der Waals surface area contributed by atoms with Crippen molar-refractivity contribution in [2.45, 2.75) is 24.9 Å². The highest BCUT2D eigenvalue weighted by Gasteiger charge is 2.31. The number of para-hydroxylation sites is 1. The third-order valence-corrected chi connectivity index (χ3v) is 4.75. The summed E-state index contributed by atoms with van der Waals surface area (Å²) in [6, 6.07) is 12.9. The van der Waals surface area contributed by atoms with Crippen molar-refractivity contribution < 1.29 is 19.0 Å². The number of methoxy groups -OCH3 is 1. The highest BCUT2D eigenvalue weighted by molar-refractivity contribution is 5.95. The average molecular weight is 369 g/mol. The monoisotopic (exact) mass is 369 g/mol. The Morgan fingerprint density at radius 2 is 1.93 bits per heavy atom. The molecule has 0 aliphatic carbocycles. The number of anilines is 1. The van der Waals surface area contributed by atoms with Crippen LogP contribution >= 0.6 is 0 Å². The SMILES string of the molecule is COc1ccccc1C1CC(C(=O)Nc2ccc3c(c2)OCCCO3)NN1. The second kappa shape index (κ2) is 7.85. The van der Waals surface area contributed by atoms with E-state index in [0.29, 0.717) is 36.8 Å². The smallest absolute Gasteiger partial charge is 0.242 e. The van der Waals surface area contributed by atoms with Crippen LogP contribution < -0.4 is 30.4 Å². The summed E-state index contributed by atoms with van der Waals surface area (Å²) in [7, 11) is 1.65. The number of nitrogens with one attached hydrogen (secondary N) is 3. The fraction of sp³-hybridized carbons (Fsp3) is 0.350. The minimum atomic E-state index is -0.351. The summed E-state index contributed by atoms with van der Waals surface area (Å²) in [5, 5.41) is 2.95. The van der Waals surface area contributed by atoms with Crippen molar-refractivity contribution in [3.63, 3.8) is 0 Å². The molecule has 1 amide bonds. The van der Waals surface area contributed by atoms with E-state index in [1.54, 1.807) is 13.2 Å². The lowest BCUT2D eigenvalue weighted by molar-refractivity contribution is -0.117. The number of hydrogen-bond acceptors (Lipinski definition) is 6. The zero-order valence-electron chi connectivity index (χ0n) is 15.2. The molecule has 7 heteroatoms. The lowest BCUT2D eigenvalue weighted by Crippen LogP contribution is -2.39. The number of amides is 1. The second-order valence-corrected chi connectivity index (χ2v) is 6.57. The molecular formula is C20H23N3O4. The molecule has 3 N–H and O–H groups in total. The zero-order chi connectivity index (χ0) is 18.6.